The number of hydrogen-bond donors (Lipinski definition) is 1. The Balaban J connectivity index is 2.10. The summed E-state index contributed by atoms with van der Waals surface area (Å²) in [6.07, 6.45) is 0.985. The van der Waals surface area contributed by atoms with E-state index in [2.05, 4.69) is 50.4 Å². The molecule has 22 heavy (non-hydrogen) atoms. The first kappa shape index (κ1) is 16.2. The van der Waals surface area contributed by atoms with Crippen molar-refractivity contribution in [2.75, 3.05) is 19.0 Å². The molecule has 0 aliphatic carbocycles. The third-order valence-electron chi connectivity index (χ3n) is 3.64. The fourth-order valence-electron chi connectivity index (χ4n) is 2.44. The van der Waals surface area contributed by atoms with Gasteiger partial charge < -0.3 is 14.8 Å². The standard InChI is InChI=1S/C19H25NO2/c1-5-11-22-17-10-9-16(12-18(17)21-4)13-20-19-14(2)7-6-8-15(19)3/h6-10,12,20H,5,11,13H2,1-4H3. The summed E-state index contributed by atoms with van der Waals surface area (Å²) in [6, 6.07) is 12.4. The number of anilines is 1. The monoisotopic (exact) mass is 299 g/mol. The fraction of sp³-hybridized carbons (Fsp3) is 0.368. The van der Waals surface area contributed by atoms with E-state index >= 15 is 0 Å². The van der Waals surface area contributed by atoms with Gasteiger partial charge in [0.25, 0.3) is 0 Å². The van der Waals surface area contributed by atoms with Crippen LogP contribution in [0.2, 0.25) is 0 Å². The minimum absolute atomic E-state index is 0.705. The molecule has 0 heterocycles. The predicted molar refractivity (Wildman–Crippen MR) is 92.0 cm³/mol. The highest BCUT2D eigenvalue weighted by molar-refractivity contribution is 5.57. The van der Waals surface area contributed by atoms with Gasteiger partial charge in [-0.3, -0.25) is 0 Å². The van der Waals surface area contributed by atoms with Crippen LogP contribution in [0.1, 0.15) is 30.0 Å². The van der Waals surface area contributed by atoms with E-state index in [9.17, 15) is 0 Å². The third kappa shape index (κ3) is 3.94. The summed E-state index contributed by atoms with van der Waals surface area (Å²) in [5.74, 6) is 1.59. The SMILES string of the molecule is CCCOc1ccc(CNc2c(C)cccc2C)cc1OC. The van der Waals surface area contributed by atoms with E-state index in [1.165, 1.54) is 22.4 Å². The van der Waals surface area contributed by atoms with E-state index in [4.69, 9.17) is 9.47 Å². The van der Waals surface area contributed by atoms with E-state index in [-0.39, 0.29) is 0 Å². The predicted octanol–water partition coefficient (Wildman–Crippen LogP) is 4.71. The van der Waals surface area contributed by atoms with Crippen molar-refractivity contribution >= 4 is 5.69 Å². The molecule has 3 heteroatoms. The van der Waals surface area contributed by atoms with Gasteiger partial charge in [0.05, 0.1) is 13.7 Å². The maximum absolute atomic E-state index is 5.69. The van der Waals surface area contributed by atoms with Crippen molar-refractivity contribution in [2.24, 2.45) is 0 Å². The molecule has 0 fully saturated rings. The number of nitrogens with one attached hydrogen (secondary N) is 1. The lowest BCUT2D eigenvalue weighted by Crippen LogP contribution is -2.04. The first-order valence-electron chi connectivity index (χ1n) is 7.75. The molecule has 0 aliphatic rings. The molecule has 0 bridgehead atoms. The van der Waals surface area contributed by atoms with Crippen molar-refractivity contribution in [2.45, 2.75) is 33.7 Å². The van der Waals surface area contributed by atoms with Gasteiger partial charge in [0.2, 0.25) is 0 Å². The Labute approximate surface area is 133 Å². The van der Waals surface area contributed by atoms with Crippen LogP contribution >= 0.6 is 0 Å². The Morgan fingerprint density at radius 1 is 1.00 bits per heavy atom. The zero-order valence-corrected chi connectivity index (χ0v) is 13.9. The van der Waals surface area contributed by atoms with Crippen molar-refractivity contribution in [3.63, 3.8) is 0 Å². The lowest BCUT2D eigenvalue weighted by Gasteiger charge is -2.15. The zero-order valence-electron chi connectivity index (χ0n) is 13.9. The Kier molecular flexibility index (Phi) is 5.70. The first-order valence-corrected chi connectivity index (χ1v) is 7.75. The van der Waals surface area contributed by atoms with Gasteiger partial charge in [-0.05, 0) is 49.1 Å². The van der Waals surface area contributed by atoms with E-state index in [0.717, 1.165) is 24.5 Å². The van der Waals surface area contributed by atoms with Crippen LogP contribution in [0.15, 0.2) is 36.4 Å². The molecule has 0 radical (unpaired) electrons. The maximum atomic E-state index is 5.69. The number of hydrogen-bond acceptors (Lipinski definition) is 3. The smallest absolute Gasteiger partial charge is 0.161 e. The summed E-state index contributed by atoms with van der Waals surface area (Å²) in [5.41, 5.74) is 4.89. The van der Waals surface area contributed by atoms with Crippen LogP contribution in [-0.2, 0) is 6.54 Å². The van der Waals surface area contributed by atoms with Crippen LogP contribution in [0.5, 0.6) is 11.5 Å². The molecule has 1 N–H and O–H groups in total. The molecule has 0 aromatic heterocycles. The van der Waals surface area contributed by atoms with Gasteiger partial charge in [-0.1, -0.05) is 31.2 Å². The van der Waals surface area contributed by atoms with Gasteiger partial charge in [-0.15, -0.1) is 0 Å². The number of methoxy groups -OCH3 is 1. The van der Waals surface area contributed by atoms with Gasteiger partial charge in [0, 0.05) is 12.2 Å². The summed E-state index contributed by atoms with van der Waals surface area (Å²) in [7, 11) is 1.68. The molecule has 0 saturated carbocycles. The minimum Gasteiger partial charge on any atom is -0.493 e. The van der Waals surface area contributed by atoms with Crippen LogP contribution in [-0.4, -0.2) is 13.7 Å². The van der Waals surface area contributed by atoms with E-state index in [1.807, 2.05) is 12.1 Å². The Morgan fingerprint density at radius 3 is 2.36 bits per heavy atom. The van der Waals surface area contributed by atoms with Gasteiger partial charge in [0.15, 0.2) is 11.5 Å². The molecule has 3 nitrogen and oxygen atoms in total. The Morgan fingerprint density at radius 2 is 1.73 bits per heavy atom. The second-order valence-electron chi connectivity index (χ2n) is 5.45. The van der Waals surface area contributed by atoms with Crippen LogP contribution in [0.3, 0.4) is 0 Å². The van der Waals surface area contributed by atoms with Crippen molar-refractivity contribution < 1.29 is 9.47 Å². The number of benzene rings is 2. The molecule has 2 aromatic carbocycles. The average Bonchev–Trinajstić information content (AvgIpc) is 2.52. The molecule has 2 rings (SSSR count). The molecule has 0 amide bonds. The Bertz CT molecular complexity index is 603. The first-order chi connectivity index (χ1) is 10.7. The number of aryl methyl sites for hydroxylation is 2. The van der Waals surface area contributed by atoms with Gasteiger partial charge in [-0.2, -0.15) is 0 Å². The van der Waals surface area contributed by atoms with Crippen LogP contribution in [0.25, 0.3) is 0 Å². The van der Waals surface area contributed by atoms with Crippen LogP contribution in [0.4, 0.5) is 5.69 Å². The third-order valence-corrected chi connectivity index (χ3v) is 3.64. The summed E-state index contributed by atoms with van der Waals surface area (Å²) in [5, 5.41) is 3.52. The number of ether oxygens (including phenoxy) is 2. The van der Waals surface area contributed by atoms with Crippen molar-refractivity contribution in [3.8, 4) is 11.5 Å². The van der Waals surface area contributed by atoms with E-state index in [0.29, 0.717) is 6.61 Å². The van der Waals surface area contributed by atoms with Crippen molar-refractivity contribution in [1.82, 2.24) is 0 Å². The molecule has 2 aromatic rings. The minimum atomic E-state index is 0.705. The molecule has 0 aliphatic heterocycles. The molecule has 0 atom stereocenters. The van der Waals surface area contributed by atoms with E-state index < -0.39 is 0 Å². The normalized spacial score (nSPS) is 10.4. The Hall–Kier alpha value is -2.16. The second-order valence-corrected chi connectivity index (χ2v) is 5.45. The lowest BCUT2D eigenvalue weighted by atomic mass is 10.1. The summed E-state index contributed by atoms with van der Waals surface area (Å²) < 4.78 is 11.1. The average molecular weight is 299 g/mol. The number of para-hydroxylation sites is 1. The highest BCUT2D eigenvalue weighted by atomic mass is 16.5. The molecule has 118 valence electrons. The highest BCUT2D eigenvalue weighted by Gasteiger charge is 2.07. The van der Waals surface area contributed by atoms with Gasteiger partial charge >= 0.3 is 0 Å². The fourth-order valence-corrected chi connectivity index (χ4v) is 2.44. The molecule has 0 spiro atoms. The maximum Gasteiger partial charge on any atom is 0.161 e. The van der Waals surface area contributed by atoms with Crippen LogP contribution < -0.4 is 14.8 Å². The molecular formula is C19H25NO2. The lowest BCUT2D eigenvalue weighted by molar-refractivity contribution is 0.294. The van der Waals surface area contributed by atoms with Crippen molar-refractivity contribution in [1.29, 1.82) is 0 Å². The van der Waals surface area contributed by atoms with Gasteiger partial charge in [0.1, 0.15) is 0 Å². The second kappa shape index (κ2) is 7.74. The summed E-state index contributed by atoms with van der Waals surface area (Å²) in [4.78, 5) is 0. The van der Waals surface area contributed by atoms with E-state index in [1.54, 1.807) is 7.11 Å². The molecule has 0 unspecified atom stereocenters. The molecule has 0 saturated heterocycles. The van der Waals surface area contributed by atoms with Crippen molar-refractivity contribution in [3.05, 3.63) is 53.1 Å². The van der Waals surface area contributed by atoms with Gasteiger partial charge in [-0.25, -0.2) is 0 Å². The quantitative estimate of drug-likeness (QED) is 0.803. The zero-order chi connectivity index (χ0) is 15.9. The number of rotatable bonds is 7. The summed E-state index contributed by atoms with van der Waals surface area (Å²) >= 11 is 0. The molecular weight excluding hydrogens is 274 g/mol. The van der Waals surface area contributed by atoms with Crippen LogP contribution in [0, 0.1) is 13.8 Å². The summed E-state index contributed by atoms with van der Waals surface area (Å²) in [6.45, 7) is 7.80. The topological polar surface area (TPSA) is 30.5 Å². The highest BCUT2D eigenvalue weighted by Crippen LogP contribution is 2.29. The largest absolute Gasteiger partial charge is 0.493 e.